The fraction of sp³-hybridized carbons (Fsp3) is 0.375. The van der Waals surface area contributed by atoms with Crippen LogP contribution in [0.2, 0.25) is 0 Å². The summed E-state index contributed by atoms with van der Waals surface area (Å²) in [6.07, 6.45) is 5.08. The Morgan fingerprint density at radius 2 is 2.18 bits per heavy atom. The van der Waals surface area contributed by atoms with Crippen LogP contribution >= 0.6 is 0 Å². The van der Waals surface area contributed by atoms with Gasteiger partial charge in [-0.15, -0.1) is 0 Å². The minimum Gasteiger partial charge on any atom is -0.394 e. The Balaban J connectivity index is 1.77. The molecule has 0 bridgehead atoms. The standard InChI is InChI=1S/C16H19N3O3/c1-12-11-22-14(10-20)9-19(12)16(21)13-4-5-15(17-8-13)18-6-2-3-7-18/h2-8,12,14,20H,9-11H2,1H3. The van der Waals surface area contributed by atoms with E-state index < -0.39 is 0 Å². The van der Waals surface area contributed by atoms with E-state index >= 15 is 0 Å². The summed E-state index contributed by atoms with van der Waals surface area (Å²) in [6.45, 7) is 2.69. The maximum atomic E-state index is 12.6. The lowest BCUT2D eigenvalue weighted by Gasteiger charge is -2.37. The van der Waals surface area contributed by atoms with E-state index in [0.29, 0.717) is 18.7 Å². The normalized spacial score (nSPS) is 21.8. The maximum absolute atomic E-state index is 12.6. The number of rotatable bonds is 3. The van der Waals surface area contributed by atoms with Gasteiger partial charge >= 0.3 is 0 Å². The Hall–Kier alpha value is -2.18. The molecule has 0 aromatic carbocycles. The van der Waals surface area contributed by atoms with Crippen LogP contribution in [-0.2, 0) is 4.74 Å². The number of pyridine rings is 1. The van der Waals surface area contributed by atoms with Crippen molar-refractivity contribution in [2.24, 2.45) is 0 Å². The number of hydrogen-bond acceptors (Lipinski definition) is 4. The summed E-state index contributed by atoms with van der Waals surface area (Å²) in [5, 5.41) is 9.21. The van der Waals surface area contributed by atoms with Crippen LogP contribution in [0.1, 0.15) is 17.3 Å². The summed E-state index contributed by atoms with van der Waals surface area (Å²) >= 11 is 0. The fourth-order valence-corrected chi connectivity index (χ4v) is 2.53. The lowest BCUT2D eigenvalue weighted by molar-refractivity contribution is -0.0667. The minimum atomic E-state index is -0.313. The number of nitrogens with zero attached hydrogens (tertiary/aromatic N) is 3. The van der Waals surface area contributed by atoms with Gasteiger partial charge in [-0.05, 0) is 31.2 Å². The Bertz CT molecular complexity index is 625. The van der Waals surface area contributed by atoms with E-state index in [-0.39, 0.29) is 24.7 Å². The first-order chi connectivity index (χ1) is 10.7. The van der Waals surface area contributed by atoms with Crippen LogP contribution in [-0.4, -0.2) is 57.4 Å². The summed E-state index contributed by atoms with van der Waals surface area (Å²) in [5.74, 6) is 0.686. The molecule has 1 fully saturated rings. The molecule has 3 rings (SSSR count). The van der Waals surface area contributed by atoms with Crippen LogP contribution in [0.25, 0.3) is 5.82 Å². The molecule has 0 aliphatic carbocycles. The predicted molar refractivity (Wildman–Crippen MR) is 80.9 cm³/mol. The SMILES string of the molecule is CC1COC(CO)CN1C(=O)c1ccc(-n2cccc2)nc1. The number of carbonyl (C=O) groups excluding carboxylic acids is 1. The van der Waals surface area contributed by atoms with E-state index in [0.717, 1.165) is 5.82 Å². The summed E-state index contributed by atoms with van der Waals surface area (Å²) in [6, 6.07) is 7.43. The first-order valence-corrected chi connectivity index (χ1v) is 7.32. The molecule has 2 aromatic heterocycles. The summed E-state index contributed by atoms with van der Waals surface area (Å²) < 4.78 is 7.34. The van der Waals surface area contributed by atoms with Gasteiger partial charge in [0.25, 0.3) is 5.91 Å². The molecule has 1 aliphatic rings. The number of ether oxygens (including phenoxy) is 1. The molecule has 22 heavy (non-hydrogen) atoms. The van der Waals surface area contributed by atoms with Crippen molar-refractivity contribution in [1.82, 2.24) is 14.5 Å². The Morgan fingerprint density at radius 1 is 1.41 bits per heavy atom. The maximum Gasteiger partial charge on any atom is 0.255 e. The first kappa shape index (κ1) is 14.7. The average molecular weight is 301 g/mol. The van der Waals surface area contributed by atoms with Crippen molar-refractivity contribution in [3.05, 3.63) is 48.4 Å². The monoisotopic (exact) mass is 301 g/mol. The van der Waals surface area contributed by atoms with Gasteiger partial charge in [0.05, 0.1) is 30.9 Å². The summed E-state index contributed by atoms with van der Waals surface area (Å²) in [5.41, 5.74) is 0.543. The molecule has 0 spiro atoms. The van der Waals surface area contributed by atoms with Gasteiger partial charge in [0, 0.05) is 25.1 Å². The molecule has 0 saturated carbocycles. The fourth-order valence-electron chi connectivity index (χ4n) is 2.53. The summed E-state index contributed by atoms with van der Waals surface area (Å²) in [4.78, 5) is 18.7. The zero-order valence-corrected chi connectivity index (χ0v) is 12.4. The Morgan fingerprint density at radius 3 is 2.82 bits per heavy atom. The van der Waals surface area contributed by atoms with Crippen molar-refractivity contribution in [3.8, 4) is 5.82 Å². The Labute approximate surface area is 129 Å². The van der Waals surface area contributed by atoms with Crippen molar-refractivity contribution in [1.29, 1.82) is 0 Å². The molecule has 3 heterocycles. The number of amides is 1. The molecule has 6 heteroatoms. The van der Waals surface area contributed by atoms with Gasteiger partial charge in [-0.1, -0.05) is 0 Å². The molecule has 1 N–H and O–H groups in total. The molecule has 116 valence electrons. The number of aliphatic hydroxyl groups is 1. The molecule has 0 radical (unpaired) electrons. The highest BCUT2D eigenvalue weighted by Gasteiger charge is 2.30. The molecule has 2 atom stereocenters. The van der Waals surface area contributed by atoms with E-state index in [2.05, 4.69) is 4.98 Å². The zero-order valence-electron chi connectivity index (χ0n) is 12.4. The van der Waals surface area contributed by atoms with Crippen LogP contribution < -0.4 is 0 Å². The highest BCUT2D eigenvalue weighted by molar-refractivity contribution is 5.94. The van der Waals surface area contributed by atoms with Gasteiger partial charge in [-0.2, -0.15) is 0 Å². The lowest BCUT2D eigenvalue weighted by atomic mass is 10.1. The predicted octanol–water partition coefficient (Wildman–Crippen LogP) is 1.09. The number of hydrogen-bond donors (Lipinski definition) is 1. The zero-order chi connectivity index (χ0) is 15.5. The van der Waals surface area contributed by atoms with E-state index in [4.69, 9.17) is 4.74 Å². The second-order valence-corrected chi connectivity index (χ2v) is 5.44. The molecule has 1 aliphatic heterocycles. The number of morpholine rings is 1. The van der Waals surface area contributed by atoms with Crippen molar-refractivity contribution in [2.45, 2.75) is 19.1 Å². The Kier molecular flexibility index (Phi) is 4.22. The van der Waals surface area contributed by atoms with E-state index in [1.807, 2.05) is 42.1 Å². The molecule has 2 unspecified atom stereocenters. The van der Waals surface area contributed by atoms with Crippen molar-refractivity contribution in [2.75, 3.05) is 19.8 Å². The van der Waals surface area contributed by atoms with Gasteiger partial charge in [0.15, 0.2) is 0 Å². The lowest BCUT2D eigenvalue weighted by Crippen LogP contribution is -2.52. The molecule has 6 nitrogen and oxygen atoms in total. The van der Waals surface area contributed by atoms with Crippen LogP contribution in [0.15, 0.2) is 42.9 Å². The molecule has 1 saturated heterocycles. The van der Waals surface area contributed by atoms with Crippen molar-refractivity contribution in [3.63, 3.8) is 0 Å². The highest BCUT2D eigenvalue weighted by atomic mass is 16.5. The van der Waals surface area contributed by atoms with Gasteiger partial charge in [0.2, 0.25) is 0 Å². The first-order valence-electron chi connectivity index (χ1n) is 7.32. The van der Waals surface area contributed by atoms with Gasteiger partial charge < -0.3 is 19.3 Å². The van der Waals surface area contributed by atoms with E-state index in [9.17, 15) is 9.90 Å². The molecular weight excluding hydrogens is 282 g/mol. The third-order valence-electron chi connectivity index (χ3n) is 3.83. The third-order valence-corrected chi connectivity index (χ3v) is 3.83. The molecular formula is C16H19N3O3. The third kappa shape index (κ3) is 2.88. The largest absolute Gasteiger partial charge is 0.394 e. The topological polar surface area (TPSA) is 67.6 Å². The van der Waals surface area contributed by atoms with Crippen molar-refractivity contribution >= 4 is 5.91 Å². The van der Waals surface area contributed by atoms with Crippen LogP contribution in [0.4, 0.5) is 0 Å². The average Bonchev–Trinajstić information content (AvgIpc) is 3.09. The van der Waals surface area contributed by atoms with Crippen molar-refractivity contribution < 1.29 is 14.6 Å². The highest BCUT2D eigenvalue weighted by Crippen LogP contribution is 2.16. The van der Waals surface area contributed by atoms with Gasteiger partial charge in [-0.3, -0.25) is 4.79 Å². The number of carbonyl (C=O) groups is 1. The number of aliphatic hydroxyl groups excluding tert-OH is 1. The second kappa shape index (κ2) is 6.29. The number of aromatic nitrogens is 2. The quantitative estimate of drug-likeness (QED) is 0.921. The molecule has 2 aromatic rings. The van der Waals surface area contributed by atoms with Crippen LogP contribution in [0.5, 0.6) is 0 Å². The smallest absolute Gasteiger partial charge is 0.255 e. The van der Waals surface area contributed by atoms with Crippen LogP contribution in [0, 0.1) is 0 Å². The van der Waals surface area contributed by atoms with Gasteiger partial charge in [-0.25, -0.2) is 4.98 Å². The van der Waals surface area contributed by atoms with Crippen LogP contribution in [0.3, 0.4) is 0 Å². The summed E-state index contributed by atoms with van der Waals surface area (Å²) in [7, 11) is 0. The van der Waals surface area contributed by atoms with E-state index in [1.165, 1.54) is 0 Å². The minimum absolute atomic E-state index is 0.0144. The molecule has 1 amide bonds. The van der Waals surface area contributed by atoms with E-state index in [1.54, 1.807) is 17.2 Å². The second-order valence-electron chi connectivity index (χ2n) is 5.44. The van der Waals surface area contributed by atoms with Gasteiger partial charge in [0.1, 0.15) is 5.82 Å².